The van der Waals surface area contributed by atoms with Crippen molar-refractivity contribution >= 4 is 22.4 Å². The number of halogens is 3. The van der Waals surface area contributed by atoms with Crippen LogP contribution in [0.5, 0.6) is 0 Å². The van der Waals surface area contributed by atoms with Gasteiger partial charge < -0.3 is 4.57 Å². The van der Waals surface area contributed by atoms with Gasteiger partial charge in [0.25, 0.3) is 11.5 Å². The zero-order valence-corrected chi connectivity index (χ0v) is 14.0. The number of aromatic nitrogens is 2. The molecule has 0 aliphatic heterocycles. The number of anilines is 1. The van der Waals surface area contributed by atoms with Crippen LogP contribution in [0.15, 0.2) is 59.0 Å². The number of alkyl halides is 3. The first-order valence-electron chi connectivity index (χ1n) is 7.40. The maximum atomic E-state index is 12.6. The average Bonchev–Trinajstić information content (AvgIpc) is 3.09. The van der Waals surface area contributed by atoms with Crippen molar-refractivity contribution in [2.24, 2.45) is 0 Å². The van der Waals surface area contributed by atoms with Gasteiger partial charge >= 0.3 is 6.18 Å². The van der Waals surface area contributed by atoms with E-state index in [1.807, 2.05) is 0 Å². The fraction of sp³-hybridized carbons (Fsp3) is 0.118. The highest BCUT2D eigenvalue weighted by Crippen LogP contribution is 2.29. The van der Waals surface area contributed by atoms with Gasteiger partial charge in [-0.2, -0.15) is 13.2 Å². The van der Waals surface area contributed by atoms with E-state index in [1.54, 1.807) is 11.6 Å². The van der Waals surface area contributed by atoms with E-state index >= 15 is 0 Å². The summed E-state index contributed by atoms with van der Waals surface area (Å²) in [5.74, 6) is -0.430. The molecule has 0 aliphatic rings. The average molecular weight is 379 g/mol. The number of rotatable bonds is 4. The highest BCUT2D eigenvalue weighted by Gasteiger charge is 2.29. The monoisotopic (exact) mass is 379 g/mol. The number of thiazole rings is 1. The summed E-state index contributed by atoms with van der Waals surface area (Å²) in [6.07, 6.45) is -1.50. The van der Waals surface area contributed by atoms with Crippen LogP contribution in [0, 0.1) is 0 Å². The molecule has 0 saturated heterocycles. The van der Waals surface area contributed by atoms with Gasteiger partial charge in [0.05, 0.1) is 17.7 Å². The SMILES string of the molecule is O=C(Nc1nccs1)c1ccc(=O)n(Cc2ccc(C(F)(F)F)cc2)c1. The molecule has 0 bridgehead atoms. The standard InChI is InChI=1S/C17H12F3N3O2S/c18-17(19,20)13-4-1-11(2-5-13)9-23-10-12(3-6-14(23)24)15(25)22-16-21-7-8-26-16/h1-8,10H,9H2,(H,21,22,25). The van der Waals surface area contributed by atoms with E-state index in [0.717, 1.165) is 12.1 Å². The molecule has 0 spiro atoms. The van der Waals surface area contributed by atoms with Crippen LogP contribution in [-0.2, 0) is 12.7 Å². The molecular weight excluding hydrogens is 367 g/mol. The van der Waals surface area contributed by atoms with Crippen LogP contribution in [0.1, 0.15) is 21.5 Å². The fourth-order valence-electron chi connectivity index (χ4n) is 2.24. The summed E-state index contributed by atoms with van der Waals surface area (Å²) in [4.78, 5) is 28.1. The second kappa shape index (κ2) is 7.12. The van der Waals surface area contributed by atoms with Gasteiger partial charge in [-0.15, -0.1) is 11.3 Å². The fourth-order valence-corrected chi connectivity index (χ4v) is 2.76. The molecule has 0 atom stereocenters. The molecule has 0 unspecified atom stereocenters. The lowest BCUT2D eigenvalue weighted by atomic mass is 10.1. The number of hydrogen-bond donors (Lipinski definition) is 1. The smallest absolute Gasteiger partial charge is 0.310 e. The summed E-state index contributed by atoms with van der Waals surface area (Å²) < 4.78 is 39.1. The first-order valence-corrected chi connectivity index (χ1v) is 8.28. The molecule has 2 heterocycles. The van der Waals surface area contributed by atoms with Gasteiger partial charge in [-0.3, -0.25) is 14.9 Å². The van der Waals surface area contributed by atoms with Gasteiger partial charge in [-0.05, 0) is 23.8 Å². The van der Waals surface area contributed by atoms with E-state index < -0.39 is 17.6 Å². The highest BCUT2D eigenvalue weighted by atomic mass is 32.1. The maximum Gasteiger partial charge on any atom is 0.416 e. The van der Waals surface area contributed by atoms with E-state index in [0.29, 0.717) is 10.7 Å². The molecule has 1 amide bonds. The van der Waals surface area contributed by atoms with Crippen LogP contribution in [0.2, 0.25) is 0 Å². The lowest BCUT2D eigenvalue weighted by molar-refractivity contribution is -0.137. The Bertz CT molecular complexity index is 964. The second-order valence-corrected chi connectivity index (χ2v) is 6.26. The number of hydrogen-bond acceptors (Lipinski definition) is 4. The van der Waals surface area contributed by atoms with E-state index in [2.05, 4.69) is 10.3 Å². The Hall–Kier alpha value is -2.94. The topological polar surface area (TPSA) is 64.0 Å². The molecule has 26 heavy (non-hydrogen) atoms. The van der Waals surface area contributed by atoms with Crippen LogP contribution < -0.4 is 10.9 Å². The molecule has 5 nitrogen and oxygen atoms in total. The Morgan fingerprint density at radius 3 is 2.50 bits per heavy atom. The molecule has 1 N–H and O–H groups in total. The minimum atomic E-state index is -4.41. The third-order valence-electron chi connectivity index (χ3n) is 3.53. The zero-order chi connectivity index (χ0) is 18.7. The summed E-state index contributed by atoms with van der Waals surface area (Å²) in [6.45, 7) is 0.0509. The summed E-state index contributed by atoms with van der Waals surface area (Å²) in [5.41, 5.74) is -0.370. The number of pyridine rings is 1. The van der Waals surface area contributed by atoms with E-state index in [1.165, 1.54) is 46.4 Å². The van der Waals surface area contributed by atoms with Gasteiger partial charge in [0.15, 0.2) is 5.13 Å². The number of carbonyl (C=O) groups excluding carboxylic acids is 1. The summed E-state index contributed by atoms with van der Waals surface area (Å²) in [7, 11) is 0. The second-order valence-electron chi connectivity index (χ2n) is 5.37. The summed E-state index contributed by atoms with van der Waals surface area (Å²) in [5, 5.41) is 4.74. The molecular formula is C17H12F3N3O2S. The molecule has 1 aromatic carbocycles. The van der Waals surface area contributed by atoms with Crippen LogP contribution in [0.3, 0.4) is 0 Å². The number of benzene rings is 1. The Kier molecular flexibility index (Phi) is 4.90. The Balaban J connectivity index is 1.79. The van der Waals surface area contributed by atoms with Crippen molar-refractivity contribution in [3.63, 3.8) is 0 Å². The minimum absolute atomic E-state index is 0.0509. The first-order chi connectivity index (χ1) is 12.3. The van der Waals surface area contributed by atoms with Crippen molar-refractivity contribution < 1.29 is 18.0 Å². The van der Waals surface area contributed by atoms with E-state index in [9.17, 15) is 22.8 Å². The van der Waals surface area contributed by atoms with Crippen LogP contribution in [0.4, 0.5) is 18.3 Å². The molecule has 9 heteroatoms. The number of nitrogens with zero attached hydrogens (tertiary/aromatic N) is 2. The summed E-state index contributed by atoms with van der Waals surface area (Å²) in [6, 6.07) is 7.14. The van der Waals surface area contributed by atoms with Gasteiger partial charge in [-0.1, -0.05) is 12.1 Å². The minimum Gasteiger partial charge on any atom is -0.310 e. The Labute approximate surface area is 149 Å². The third kappa shape index (κ3) is 4.17. The zero-order valence-electron chi connectivity index (χ0n) is 13.2. The first kappa shape index (κ1) is 17.9. The number of amides is 1. The van der Waals surface area contributed by atoms with Gasteiger partial charge in [0.2, 0.25) is 0 Å². The van der Waals surface area contributed by atoms with Gasteiger partial charge in [0.1, 0.15) is 0 Å². The van der Waals surface area contributed by atoms with Crippen molar-refractivity contribution in [3.8, 4) is 0 Å². The van der Waals surface area contributed by atoms with Gasteiger partial charge in [0, 0.05) is 23.8 Å². The number of nitrogens with one attached hydrogen (secondary N) is 1. The molecule has 3 aromatic rings. The van der Waals surface area contributed by atoms with Crippen LogP contribution in [-0.4, -0.2) is 15.5 Å². The van der Waals surface area contributed by atoms with Crippen LogP contribution in [0.25, 0.3) is 0 Å². The maximum absolute atomic E-state index is 12.6. The third-order valence-corrected chi connectivity index (χ3v) is 4.22. The lowest BCUT2D eigenvalue weighted by Crippen LogP contribution is -2.22. The normalized spacial score (nSPS) is 11.3. The number of carbonyl (C=O) groups is 1. The predicted molar refractivity (Wildman–Crippen MR) is 91.3 cm³/mol. The molecule has 2 aromatic heterocycles. The van der Waals surface area contributed by atoms with Crippen LogP contribution >= 0.6 is 11.3 Å². The highest BCUT2D eigenvalue weighted by molar-refractivity contribution is 7.13. The molecule has 0 fully saturated rings. The van der Waals surface area contributed by atoms with Crippen molar-refractivity contribution in [3.05, 3.63) is 81.2 Å². The lowest BCUT2D eigenvalue weighted by Gasteiger charge is -2.10. The quantitative estimate of drug-likeness (QED) is 0.753. The van der Waals surface area contributed by atoms with Crippen molar-refractivity contribution in [1.82, 2.24) is 9.55 Å². The van der Waals surface area contributed by atoms with E-state index in [4.69, 9.17) is 0 Å². The van der Waals surface area contributed by atoms with E-state index in [-0.39, 0.29) is 17.7 Å². The Morgan fingerprint density at radius 2 is 1.88 bits per heavy atom. The molecule has 0 radical (unpaired) electrons. The van der Waals surface area contributed by atoms with Crippen molar-refractivity contribution in [2.75, 3.05) is 5.32 Å². The van der Waals surface area contributed by atoms with Crippen molar-refractivity contribution in [1.29, 1.82) is 0 Å². The Morgan fingerprint density at radius 1 is 1.15 bits per heavy atom. The molecule has 3 rings (SSSR count). The molecule has 0 saturated carbocycles. The molecule has 134 valence electrons. The van der Waals surface area contributed by atoms with Crippen molar-refractivity contribution in [2.45, 2.75) is 12.7 Å². The molecule has 0 aliphatic carbocycles. The van der Waals surface area contributed by atoms with Gasteiger partial charge in [-0.25, -0.2) is 4.98 Å². The summed E-state index contributed by atoms with van der Waals surface area (Å²) >= 11 is 1.26. The largest absolute Gasteiger partial charge is 0.416 e. The predicted octanol–water partition coefficient (Wildman–Crippen LogP) is 3.62.